The first-order valence-corrected chi connectivity index (χ1v) is 7.42. The van der Waals surface area contributed by atoms with Crippen LogP contribution in [0.15, 0.2) is 18.2 Å². The molecule has 5 heteroatoms. The van der Waals surface area contributed by atoms with E-state index in [1.807, 2.05) is 0 Å². The van der Waals surface area contributed by atoms with Gasteiger partial charge < -0.3 is 4.90 Å². The summed E-state index contributed by atoms with van der Waals surface area (Å²) in [7, 11) is 0. The van der Waals surface area contributed by atoms with Crippen molar-refractivity contribution in [3.8, 4) is 0 Å². The third-order valence-corrected chi connectivity index (χ3v) is 4.43. The van der Waals surface area contributed by atoms with Crippen molar-refractivity contribution in [3.05, 3.63) is 34.6 Å². The third-order valence-electron chi connectivity index (χ3n) is 3.28. The molecule has 1 aromatic rings. The minimum absolute atomic E-state index is 0.108. The van der Waals surface area contributed by atoms with Crippen molar-refractivity contribution in [2.75, 3.05) is 18.4 Å². The number of hydrogen-bond acceptors (Lipinski definition) is 1. The number of carbonyl (C=O) groups excluding carboxylic acids is 1. The number of halogens is 3. The summed E-state index contributed by atoms with van der Waals surface area (Å²) >= 11 is 9.13. The molecule has 1 aliphatic heterocycles. The first-order chi connectivity index (χ1) is 8.61. The van der Waals surface area contributed by atoms with Gasteiger partial charge in [0.25, 0.3) is 5.91 Å². The van der Waals surface area contributed by atoms with Gasteiger partial charge in [0, 0.05) is 23.4 Å². The largest absolute Gasteiger partial charge is 0.339 e. The topological polar surface area (TPSA) is 20.3 Å². The summed E-state index contributed by atoms with van der Waals surface area (Å²) in [5, 5.41) is 1.27. The number of benzene rings is 1. The van der Waals surface area contributed by atoms with E-state index in [9.17, 15) is 9.18 Å². The molecule has 0 radical (unpaired) electrons. The molecule has 98 valence electrons. The molecule has 2 rings (SSSR count). The Morgan fingerprint density at radius 2 is 2.11 bits per heavy atom. The average Bonchev–Trinajstić information content (AvgIpc) is 2.38. The lowest BCUT2D eigenvalue weighted by molar-refractivity contribution is 0.0694. The molecule has 0 saturated carbocycles. The summed E-state index contributed by atoms with van der Waals surface area (Å²) in [4.78, 5) is 13.9. The zero-order valence-electron chi connectivity index (χ0n) is 9.83. The van der Waals surface area contributed by atoms with E-state index in [-0.39, 0.29) is 11.5 Å². The SMILES string of the molecule is O=C(c1ccc(Cl)cc1F)N1CCC(CBr)CC1. The number of piperidine rings is 1. The van der Waals surface area contributed by atoms with Crippen molar-refractivity contribution in [2.24, 2.45) is 5.92 Å². The van der Waals surface area contributed by atoms with Crippen LogP contribution in [-0.4, -0.2) is 29.2 Å². The highest BCUT2D eigenvalue weighted by Gasteiger charge is 2.24. The molecule has 0 bridgehead atoms. The van der Waals surface area contributed by atoms with Gasteiger partial charge in [-0.25, -0.2) is 4.39 Å². The predicted octanol–water partition coefficient (Wildman–Crippen LogP) is 3.73. The van der Waals surface area contributed by atoms with Crippen LogP contribution in [0.25, 0.3) is 0 Å². The van der Waals surface area contributed by atoms with Crippen molar-refractivity contribution >= 4 is 33.4 Å². The number of nitrogens with zero attached hydrogens (tertiary/aromatic N) is 1. The third kappa shape index (κ3) is 3.04. The highest BCUT2D eigenvalue weighted by molar-refractivity contribution is 9.09. The van der Waals surface area contributed by atoms with Crippen molar-refractivity contribution < 1.29 is 9.18 Å². The fourth-order valence-electron chi connectivity index (χ4n) is 2.12. The fourth-order valence-corrected chi connectivity index (χ4v) is 2.93. The van der Waals surface area contributed by atoms with Crippen LogP contribution in [0.3, 0.4) is 0 Å². The Labute approximate surface area is 119 Å². The lowest BCUT2D eigenvalue weighted by Gasteiger charge is -2.31. The maximum atomic E-state index is 13.7. The van der Waals surface area contributed by atoms with Gasteiger partial charge in [-0.15, -0.1) is 0 Å². The molecular formula is C13H14BrClFNO. The van der Waals surface area contributed by atoms with Crippen molar-refractivity contribution in [1.29, 1.82) is 0 Å². The normalized spacial score (nSPS) is 16.9. The van der Waals surface area contributed by atoms with Gasteiger partial charge in [-0.1, -0.05) is 27.5 Å². The van der Waals surface area contributed by atoms with E-state index in [0.29, 0.717) is 24.0 Å². The van der Waals surface area contributed by atoms with E-state index in [4.69, 9.17) is 11.6 Å². The van der Waals surface area contributed by atoms with E-state index in [1.54, 1.807) is 11.0 Å². The molecule has 1 aromatic carbocycles. The molecule has 0 spiro atoms. The second-order valence-corrected chi connectivity index (χ2v) is 5.60. The summed E-state index contributed by atoms with van der Waals surface area (Å²) in [5.41, 5.74) is 0.108. The number of likely N-dealkylation sites (tertiary alicyclic amines) is 1. The van der Waals surface area contributed by atoms with Gasteiger partial charge in [-0.3, -0.25) is 4.79 Å². The van der Waals surface area contributed by atoms with Crippen LogP contribution in [-0.2, 0) is 0 Å². The highest BCUT2D eigenvalue weighted by atomic mass is 79.9. The van der Waals surface area contributed by atoms with Gasteiger partial charge >= 0.3 is 0 Å². The lowest BCUT2D eigenvalue weighted by Crippen LogP contribution is -2.39. The molecule has 0 aromatic heterocycles. The fraction of sp³-hybridized carbons (Fsp3) is 0.462. The Bertz CT molecular complexity index is 447. The standard InChI is InChI=1S/C13H14BrClFNO/c14-8-9-3-5-17(6-4-9)13(18)11-2-1-10(15)7-12(11)16/h1-2,7,9H,3-6,8H2. The summed E-state index contributed by atoms with van der Waals surface area (Å²) < 4.78 is 13.7. The van der Waals surface area contributed by atoms with E-state index >= 15 is 0 Å². The monoisotopic (exact) mass is 333 g/mol. The number of amides is 1. The van der Waals surface area contributed by atoms with E-state index in [1.165, 1.54) is 12.1 Å². The van der Waals surface area contributed by atoms with E-state index in [0.717, 1.165) is 18.2 Å². The number of carbonyl (C=O) groups is 1. The Morgan fingerprint density at radius 1 is 1.44 bits per heavy atom. The summed E-state index contributed by atoms with van der Waals surface area (Å²) in [6.45, 7) is 1.38. The van der Waals surface area contributed by atoms with Gasteiger partial charge in [0.1, 0.15) is 5.82 Å². The Kier molecular flexibility index (Phi) is 4.62. The van der Waals surface area contributed by atoms with Crippen molar-refractivity contribution in [3.63, 3.8) is 0 Å². The maximum Gasteiger partial charge on any atom is 0.256 e. The Hall–Kier alpha value is -0.610. The Morgan fingerprint density at radius 3 is 2.67 bits per heavy atom. The van der Waals surface area contributed by atoms with Crippen molar-refractivity contribution in [2.45, 2.75) is 12.8 Å². The summed E-state index contributed by atoms with van der Waals surface area (Å²) in [6, 6.07) is 4.18. The van der Waals surface area contributed by atoms with Gasteiger partial charge in [-0.05, 0) is 37.0 Å². The van der Waals surface area contributed by atoms with Crippen LogP contribution in [0.5, 0.6) is 0 Å². The van der Waals surface area contributed by atoms with Crippen LogP contribution in [0, 0.1) is 11.7 Å². The molecular weight excluding hydrogens is 321 g/mol. The zero-order valence-corrected chi connectivity index (χ0v) is 12.2. The smallest absolute Gasteiger partial charge is 0.256 e. The second-order valence-electron chi connectivity index (χ2n) is 4.51. The first-order valence-electron chi connectivity index (χ1n) is 5.92. The molecule has 18 heavy (non-hydrogen) atoms. The molecule has 0 aliphatic carbocycles. The first kappa shape index (κ1) is 13.8. The molecule has 1 fully saturated rings. The molecule has 0 unspecified atom stereocenters. The molecule has 1 saturated heterocycles. The summed E-state index contributed by atoms with van der Waals surface area (Å²) in [5.74, 6) is -0.170. The van der Waals surface area contributed by atoms with Crippen LogP contribution < -0.4 is 0 Å². The minimum Gasteiger partial charge on any atom is -0.339 e. The van der Waals surface area contributed by atoms with Crippen LogP contribution in [0.4, 0.5) is 4.39 Å². The Balaban J connectivity index is 2.08. The van der Waals surface area contributed by atoms with Crippen molar-refractivity contribution in [1.82, 2.24) is 4.90 Å². The molecule has 1 aliphatic rings. The number of rotatable bonds is 2. The number of hydrogen-bond donors (Lipinski definition) is 0. The summed E-state index contributed by atoms with van der Waals surface area (Å²) in [6.07, 6.45) is 1.93. The predicted molar refractivity (Wildman–Crippen MR) is 73.8 cm³/mol. The molecule has 0 atom stereocenters. The number of alkyl halides is 1. The second kappa shape index (κ2) is 6.02. The van der Waals surface area contributed by atoms with Gasteiger partial charge in [0.2, 0.25) is 0 Å². The van der Waals surface area contributed by atoms with Gasteiger partial charge in [0.05, 0.1) is 5.56 Å². The maximum absolute atomic E-state index is 13.7. The average molecular weight is 335 g/mol. The van der Waals surface area contributed by atoms with Gasteiger partial charge in [0.15, 0.2) is 0 Å². The molecule has 1 amide bonds. The molecule has 1 heterocycles. The van der Waals surface area contributed by atoms with E-state index < -0.39 is 5.82 Å². The van der Waals surface area contributed by atoms with E-state index in [2.05, 4.69) is 15.9 Å². The highest BCUT2D eigenvalue weighted by Crippen LogP contribution is 2.22. The molecule has 0 N–H and O–H groups in total. The minimum atomic E-state index is -0.546. The van der Waals surface area contributed by atoms with Crippen LogP contribution >= 0.6 is 27.5 Å². The lowest BCUT2D eigenvalue weighted by atomic mass is 9.98. The van der Waals surface area contributed by atoms with Gasteiger partial charge in [-0.2, -0.15) is 0 Å². The quantitative estimate of drug-likeness (QED) is 0.755. The molecule has 2 nitrogen and oxygen atoms in total. The van der Waals surface area contributed by atoms with Crippen LogP contribution in [0.1, 0.15) is 23.2 Å². The van der Waals surface area contributed by atoms with Crippen LogP contribution in [0.2, 0.25) is 5.02 Å². The zero-order chi connectivity index (χ0) is 13.1.